The fourth-order valence-corrected chi connectivity index (χ4v) is 2.80. The second kappa shape index (κ2) is 10.1. The number of benzene rings is 1. The highest BCUT2D eigenvalue weighted by atomic mass is 35.5. The van der Waals surface area contributed by atoms with Crippen LogP contribution in [0.2, 0.25) is 0 Å². The van der Waals surface area contributed by atoms with Gasteiger partial charge in [-0.25, -0.2) is 4.98 Å². The first kappa shape index (κ1) is 20.2. The molecular weight excluding hydrogens is 350 g/mol. The highest BCUT2D eigenvalue weighted by Gasteiger charge is 2.10. The summed E-state index contributed by atoms with van der Waals surface area (Å²) < 4.78 is 10.5. The van der Waals surface area contributed by atoms with Crippen LogP contribution in [-0.2, 0) is 4.79 Å². The van der Waals surface area contributed by atoms with Crippen molar-refractivity contribution in [2.75, 3.05) is 33.1 Å². The van der Waals surface area contributed by atoms with Gasteiger partial charge in [0.15, 0.2) is 16.6 Å². The Hall–Kier alpha value is -1.83. The minimum atomic E-state index is -0.0199. The van der Waals surface area contributed by atoms with Crippen LogP contribution in [0.4, 0.5) is 5.13 Å². The molecule has 24 heavy (non-hydrogen) atoms. The van der Waals surface area contributed by atoms with Crippen LogP contribution in [0, 0.1) is 0 Å². The fourth-order valence-electron chi connectivity index (χ4n) is 2.07. The van der Waals surface area contributed by atoms with E-state index in [2.05, 4.69) is 15.6 Å². The maximum absolute atomic E-state index is 11.8. The summed E-state index contributed by atoms with van der Waals surface area (Å²) in [5.41, 5.74) is 1.70. The Morgan fingerprint density at radius 1 is 1.25 bits per heavy atom. The maximum atomic E-state index is 11.8. The van der Waals surface area contributed by atoms with Crippen molar-refractivity contribution in [3.05, 3.63) is 23.6 Å². The van der Waals surface area contributed by atoms with Crippen molar-refractivity contribution in [1.29, 1.82) is 0 Å². The molecule has 2 N–H and O–H groups in total. The standard InChI is InChI=1S/C16H21N3O3S.ClH/c1-17-8-4-5-15(20)19-16-18-12(10-23-16)11-6-7-13(21-2)14(9-11)22-3;/h6-7,9-10,17H,4-5,8H2,1-3H3,(H,18,19,20);1H. The highest BCUT2D eigenvalue weighted by Crippen LogP contribution is 2.33. The van der Waals surface area contributed by atoms with Crippen LogP contribution in [0.1, 0.15) is 12.8 Å². The number of rotatable bonds is 8. The van der Waals surface area contributed by atoms with Crippen molar-refractivity contribution >= 4 is 34.8 Å². The van der Waals surface area contributed by atoms with Crippen LogP contribution >= 0.6 is 23.7 Å². The zero-order chi connectivity index (χ0) is 16.7. The van der Waals surface area contributed by atoms with Gasteiger partial charge in [-0.15, -0.1) is 23.7 Å². The fraction of sp³-hybridized carbons (Fsp3) is 0.375. The summed E-state index contributed by atoms with van der Waals surface area (Å²) in [6.45, 7) is 0.822. The number of carbonyl (C=O) groups excluding carboxylic acids is 1. The summed E-state index contributed by atoms with van der Waals surface area (Å²) >= 11 is 1.40. The normalized spacial score (nSPS) is 9.96. The molecule has 0 aliphatic heterocycles. The van der Waals surface area contributed by atoms with Crippen LogP contribution in [0.5, 0.6) is 11.5 Å². The first-order valence-electron chi connectivity index (χ1n) is 7.30. The van der Waals surface area contributed by atoms with Crippen molar-refractivity contribution < 1.29 is 14.3 Å². The quantitative estimate of drug-likeness (QED) is 0.697. The predicted molar refractivity (Wildman–Crippen MR) is 99.7 cm³/mol. The second-order valence-corrected chi connectivity index (χ2v) is 5.72. The van der Waals surface area contributed by atoms with Crippen molar-refractivity contribution in [2.24, 2.45) is 0 Å². The van der Waals surface area contributed by atoms with Gasteiger partial charge in [-0.1, -0.05) is 0 Å². The van der Waals surface area contributed by atoms with Crippen LogP contribution in [-0.4, -0.2) is 38.7 Å². The molecule has 2 rings (SSSR count). The summed E-state index contributed by atoms with van der Waals surface area (Å²) in [7, 11) is 5.07. The van der Waals surface area contributed by atoms with Gasteiger partial charge < -0.3 is 20.1 Å². The van der Waals surface area contributed by atoms with Crippen molar-refractivity contribution in [3.63, 3.8) is 0 Å². The van der Waals surface area contributed by atoms with Crippen molar-refractivity contribution in [1.82, 2.24) is 10.3 Å². The molecule has 0 aliphatic carbocycles. The molecule has 0 aliphatic rings. The Morgan fingerprint density at radius 3 is 2.67 bits per heavy atom. The Kier molecular flexibility index (Phi) is 8.53. The van der Waals surface area contributed by atoms with Crippen LogP contribution in [0.25, 0.3) is 11.3 Å². The Balaban J connectivity index is 0.00000288. The summed E-state index contributed by atoms with van der Waals surface area (Å²) in [6.07, 6.45) is 1.28. The molecule has 0 saturated carbocycles. The molecule has 1 heterocycles. The molecule has 1 amide bonds. The lowest BCUT2D eigenvalue weighted by atomic mass is 10.1. The van der Waals surface area contributed by atoms with E-state index in [1.807, 2.05) is 30.6 Å². The van der Waals surface area contributed by atoms with Gasteiger partial charge in [0.1, 0.15) is 0 Å². The number of hydrogen-bond acceptors (Lipinski definition) is 6. The van der Waals surface area contributed by atoms with E-state index in [9.17, 15) is 4.79 Å². The monoisotopic (exact) mass is 371 g/mol. The molecule has 1 aromatic carbocycles. The largest absolute Gasteiger partial charge is 0.493 e. The van der Waals surface area contributed by atoms with E-state index in [0.29, 0.717) is 23.1 Å². The van der Waals surface area contributed by atoms with Gasteiger partial charge in [-0.2, -0.15) is 0 Å². The molecule has 6 nitrogen and oxygen atoms in total. The van der Waals surface area contributed by atoms with Gasteiger partial charge in [0.05, 0.1) is 19.9 Å². The number of methoxy groups -OCH3 is 2. The van der Waals surface area contributed by atoms with E-state index >= 15 is 0 Å². The number of amides is 1. The van der Waals surface area contributed by atoms with Crippen molar-refractivity contribution in [3.8, 4) is 22.8 Å². The minimum Gasteiger partial charge on any atom is -0.493 e. The lowest BCUT2D eigenvalue weighted by Crippen LogP contribution is -2.15. The first-order valence-corrected chi connectivity index (χ1v) is 8.18. The number of hydrogen-bond donors (Lipinski definition) is 2. The third-order valence-corrected chi connectivity index (χ3v) is 4.02. The molecule has 0 spiro atoms. The molecule has 0 unspecified atom stereocenters. The zero-order valence-corrected chi connectivity index (χ0v) is 15.6. The average Bonchev–Trinajstić information content (AvgIpc) is 3.02. The molecule has 132 valence electrons. The molecule has 0 radical (unpaired) electrons. The molecule has 2 aromatic rings. The van der Waals surface area contributed by atoms with Gasteiger partial charge in [0.2, 0.25) is 5.91 Å². The molecule has 0 saturated heterocycles. The number of anilines is 1. The smallest absolute Gasteiger partial charge is 0.226 e. The lowest BCUT2D eigenvalue weighted by molar-refractivity contribution is -0.116. The van der Waals surface area contributed by atoms with E-state index in [1.165, 1.54) is 11.3 Å². The van der Waals surface area contributed by atoms with Gasteiger partial charge >= 0.3 is 0 Å². The summed E-state index contributed by atoms with van der Waals surface area (Å²) in [6, 6.07) is 5.62. The lowest BCUT2D eigenvalue weighted by Gasteiger charge is -2.08. The molecule has 8 heteroatoms. The van der Waals surface area contributed by atoms with E-state index in [-0.39, 0.29) is 18.3 Å². The predicted octanol–water partition coefficient (Wildman–Crippen LogP) is 3.19. The van der Waals surface area contributed by atoms with E-state index < -0.39 is 0 Å². The zero-order valence-electron chi connectivity index (χ0n) is 13.9. The summed E-state index contributed by atoms with van der Waals surface area (Å²) in [5.74, 6) is 1.30. The molecular formula is C16H22ClN3O3S. The average molecular weight is 372 g/mol. The Bertz CT molecular complexity index is 664. The number of nitrogens with one attached hydrogen (secondary N) is 2. The molecule has 0 atom stereocenters. The summed E-state index contributed by atoms with van der Waals surface area (Å²) in [5, 5.41) is 8.35. The SMILES string of the molecule is CNCCCC(=O)Nc1nc(-c2ccc(OC)c(OC)c2)cs1.Cl. The maximum Gasteiger partial charge on any atom is 0.226 e. The van der Waals surface area contributed by atoms with E-state index in [4.69, 9.17) is 9.47 Å². The minimum absolute atomic E-state index is 0. The van der Waals surface area contributed by atoms with Gasteiger partial charge in [-0.05, 0) is 38.2 Å². The third-order valence-electron chi connectivity index (χ3n) is 3.26. The van der Waals surface area contributed by atoms with E-state index in [1.54, 1.807) is 14.2 Å². The Morgan fingerprint density at radius 2 is 2.00 bits per heavy atom. The molecule has 0 bridgehead atoms. The van der Waals surface area contributed by atoms with Crippen molar-refractivity contribution in [2.45, 2.75) is 12.8 Å². The number of carbonyl (C=O) groups is 1. The number of aromatic nitrogens is 1. The van der Waals surface area contributed by atoms with Crippen LogP contribution in [0.3, 0.4) is 0 Å². The molecule has 1 aromatic heterocycles. The first-order chi connectivity index (χ1) is 11.2. The summed E-state index contributed by atoms with van der Waals surface area (Å²) in [4.78, 5) is 16.3. The van der Waals surface area contributed by atoms with Crippen LogP contribution < -0.4 is 20.1 Å². The van der Waals surface area contributed by atoms with Crippen LogP contribution in [0.15, 0.2) is 23.6 Å². The number of nitrogens with zero attached hydrogens (tertiary/aromatic N) is 1. The number of thiazole rings is 1. The van der Waals surface area contributed by atoms with E-state index in [0.717, 1.165) is 24.2 Å². The number of ether oxygens (including phenoxy) is 2. The number of halogens is 1. The van der Waals surface area contributed by atoms with Gasteiger partial charge in [0, 0.05) is 17.4 Å². The molecule has 0 fully saturated rings. The second-order valence-electron chi connectivity index (χ2n) is 4.86. The van der Waals surface area contributed by atoms with Gasteiger partial charge in [-0.3, -0.25) is 4.79 Å². The third kappa shape index (κ3) is 5.36. The van der Waals surface area contributed by atoms with Gasteiger partial charge in [0.25, 0.3) is 0 Å². The topological polar surface area (TPSA) is 72.5 Å². The highest BCUT2D eigenvalue weighted by molar-refractivity contribution is 7.14. The Labute approximate surface area is 152 Å².